The Morgan fingerprint density at radius 1 is 1.33 bits per heavy atom. The van der Waals surface area contributed by atoms with E-state index < -0.39 is 0 Å². The van der Waals surface area contributed by atoms with Gasteiger partial charge in [0.2, 0.25) is 0 Å². The smallest absolute Gasteiger partial charge is 0.119 e. The Hall–Kier alpha value is -1.22. The maximum atomic E-state index is 5.34. The predicted molar refractivity (Wildman–Crippen MR) is 76.7 cm³/mol. The number of benzene rings is 1. The second-order valence-corrected chi connectivity index (χ2v) is 5.24. The van der Waals surface area contributed by atoms with Crippen molar-refractivity contribution in [1.29, 1.82) is 0 Å². The number of anilines is 1. The largest absolute Gasteiger partial charge is 0.497 e. The van der Waals surface area contributed by atoms with Crippen molar-refractivity contribution in [3.8, 4) is 5.75 Å². The molecule has 100 valence electrons. The Balaban J connectivity index is 2.17. The zero-order valence-electron chi connectivity index (χ0n) is 11.7. The number of nitrogens with one attached hydrogen (secondary N) is 1. The first-order chi connectivity index (χ1) is 8.70. The van der Waals surface area contributed by atoms with Crippen LogP contribution in [0.2, 0.25) is 0 Å². The fraction of sp³-hybridized carbons (Fsp3) is 0.600. The van der Waals surface area contributed by atoms with Gasteiger partial charge in [-0.15, -0.1) is 0 Å². The highest BCUT2D eigenvalue weighted by Crippen LogP contribution is 2.26. The second-order valence-electron chi connectivity index (χ2n) is 5.24. The standard InChI is InChI=1S/C15H24N2O/c1-17(2)15-8-7-14(18-3)11-12(15)10-13-6-4-5-9-16-13/h7-8,11,13,16H,4-6,9-10H2,1-3H3. The van der Waals surface area contributed by atoms with Crippen LogP contribution in [0.5, 0.6) is 5.75 Å². The lowest BCUT2D eigenvalue weighted by molar-refractivity contribution is 0.396. The summed E-state index contributed by atoms with van der Waals surface area (Å²) in [7, 11) is 5.92. The quantitative estimate of drug-likeness (QED) is 0.886. The van der Waals surface area contributed by atoms with Crippen LogP contribution in [-0.2, 0) is 6.42 Å². The van der Waals surface area contributed by atoms with Crippen LogP contribution >= 0.6 is 0 Å². The van der Waals surface area contributed by atoms with Crippen LogP contribution in [0.25, 0.3) is 0 Å². The molecule has 1 atom stereocenters. The van der Waals surface area contributed by atoms with Crippen LogP contribution in [0.1, 0.15) is 24.8 Å². The molecular formula is C15H24N2O. The van der Waals surface area contributed by atoms with E-state index in [9.17, 15) is 0 Å². The molecule has 3 nitrogen and oxygen atoms in total. The van der Waals surface area contributed by atoms with Crippen molar-refractivity contribution in [3.63, 3.8) is 0 Å². The molecule has 18 heavy (non-hydrogen) atoms. The maximum absolute atomic E-state index is 5.34. The minimum Gasteiger partial charge on any atom is -0.497 e. The Morgan fingerprint density at radius 2 is 2.17 bits per heavy atom. The molecule has 1 heterocycles. The van der Waals surface area contributed by atoms with Crippen molar-refractivity contribution in [1.82, 2.24) is 5.32 Å². The van der Waals surface area contributed by atoms with Crippen LogP contribution in [0.15, 0.2) is 18.2 Å². The zero-order valence-corrected chi connectivity index (χ0v) is 11.7. The van der Waals surface area contributed by atoms with Gasteiger partial charge in [0.1, 0.15) is 5.75 Å². The average Bonchev–Trinajstić information content (AvgIpc) is 2.39. The van der Waals surface area contributed by atoms with E-state index in [2.05, 4.69) is 36.4 Å². The molecule has 1 aromatic rings. The van der Waals surface area contributed by atoms with Crippen molar-refractivity contribution < 1.29 is 4.74 Å². The van der Waals surface area contributed by atoms with E-state index >= 15 is 0 Å². The minimum atomic E-state index is 0.615. The van der Waals surface area contributed by atoms with Gasteiger partial charge in [0, 0.05) is 25.8 Å². The number of hydrogen-bond acceptors (Lipinski definition) is 3. The second kappa shape index (κ2) is 6.10. The monoisotopic (exact) mass is 248 g/mol. The molecule has 1 aliphatic rings. The summed E-state index contributed by atoms with van der Waals surface area (Å²) in [5, 5.41) is 3.61. The maximum Gasteiger partial charge on any atom is 0.119 e. The van der Waals surface area contributed by atoms with Gasteiger partial charge in [-0.2, -0.15) is 0 Å². The van der Waals surface area contributed by atoms with Gasteiger partial charge in [0.25, 0.3) is 0 Å². The third-order valence-electron chi connectivity index (χ3n) is 3.65. The van der Waals surface area contributed by atoms with E-state index in [0.717, 1.165) is 18.7 Å². The topological polar surface area (TPSA) is 24.5 Å². The number of ether oxygens (including phenoxy) is 1. The molecule has 1 aromatic carbocycles. The first-order valence-electron chi connectivity index (χ1n) is 6.78. The summed E-state index contributed by atoms with van der Waals surface area (Å²) in [5.41, 5.74) is 2.67. The Bertz CT molecular complexity index is 384. The average molecular weight is 248 g/mol. The van der Waals surface area contributed by atoms with Gasteiger partial charge in [-0.3, -0.25) is 0 Å². The van der Waals surface area contributed by atoms with Crippen molar-refractivity contribution in [3.05, 3.63) is 23.8 Å². The van der Waals surface area contributed by atoms with Crippen LogP contribution in [0.4, 0.5) is 5.69 Å². The van der Waals surface area contributed by atoms with Crippen molar-refractivity contribution >= 4 is 5.69 Å². The zero-order chi connectivity index (χ0) is 13.0. The number of nitrogens with zero attached hydrogens (tertiary/aromatic N) is 1. The third kappa shape index (κ3) is 3.16. The first-order valence-corrected chi connectivity index (χ1v) is 6.78. The number of piperidine rings is 1. The van der Waals surface area contributed by atoms with Crippen LogP contribution in [0, 0.1) is 0 Å². The molecule has 1 fully saturated rings. The highest BCUT2D eigenvalue weighted by molar-refractivity contribution is 5.55. The normalized spacial score (nSPS) is 19.6. The summed E-state index contributed by atoms with van der Waals surface area (Å²) in [6.07, 6.45) is 5.03. The van der Waals surface area contributed by atoms with Gasteiger partial charge in [0.05, 0.1) is 7.11 Å². The molecule has 1 aliphatic heterocycles. The van der Waals surface area contributed by atoms with Gasteiger partial charge < -0.3 is 15.0 Å². The predicted octanol–water partition coefficient (Wildman–Crippen LogP) is 2.45. The molecule has 1 N–H and O–H groups in total. The summed E-state index contributed by atoms with van der Waals surface area (Å²) in [6, 6.07) is 6.97. The molecular weight excluding hydrogens is 224 g/mol. The fourth-order valence-electron chi connectivity index (χ4n) is 2.65. The minimum absolute atomic E-state index is 0.615. The molecule has 0 bridgehead atoms. The lowest BCUT2D eigenvalue weighted by atomic mass is 9.96. The highest BCUT2D eigenvalue weighted by Gasteiger charge is 2.16. The van der Waals surface area contributed by atoms with Gasteiger partial charge in [-0.05, 0) is 49.6 Å². The van der Waals surface area contributed by atoms with E-state index in [1.807, 2.05) is 6.07 Å². The van der Waals surface area contributed by atoms with Gasteiger partial charge in [-0.25, -0.2) is 0 Å². The molecule has 0 radical (unpaired) electrons. The first kappa shape index (κ1) is 13.2. The molecule has 0 spiro atoms. The van der Waals surface area contributed by atoms with Crippen LogP contribution in [-0.4, -0.2) is 33.8 Å². The summed E-state index contributed by atoms with van der Waals surface area (Å²) in [4.78, 5) is 2.18. The third-order valence-corrected chi connectivity index (χ3v) is 3.65. The lowest BCUT2D eigenvalue weighted by Gasteiger charge is -2.26. The van der Waals surface area contributed by atoms with Crippen LogP contribution in [0.3, 0.4) is 0 Å². The van der Waals surface area contributed by atoms with E-state index in [1.165, 1.54) is 30.5 Å². The van der Waals surface area contributed by atoms with Gasteiger partial charge in [0.15, 0.2) is 0 Å². The Kier molecular flexibility index (Phi) is 4.48. The van der Waals surface area contributed by atoms with Crippen molar-refractivity contribution in [2.75, 3.05) is 32.6 Å². The lowest BCUT2D eigenvalue weighted by Crippen LogP contribution is -2.35. The van der Waals surface area contributed by atoms with Crippen LogP contribution < -0.4 is 15.0 Å². The molecule has 1 saturated heterocycles. The van der Waals surface area contributed by atoms with Gasteiger partial charge in [-0.1, -0.05) is 6.42 Å². The van der Waals surface area contributed by atoms with Crippen molar-refractivity contribution in [2.24, 2.45) is 0 Å². The molecule has 0 aliphatic carbocycles. The summed E-state index contributed by atoms with van der Waals surface area (Å²) < 4.78 is 5.34. The molecule has 0 saturated carbocycles. The number of rotatable bonds is 4. The van der Waals surface area contributed by atoms with E-state index in [0.29, 0.717) is 6.04 Å². The number of hydrogen-bond donors (Lipinski definition) is 1. The van der Waals surface area contributed by atoms with Crippen molar-refractivity contribution in [2.45, 2.75) is 31.7 Å². The SMILES string of the molecule is COc1ccc(N(C)C)c(CC2CCCCN2)c1. The summed E-state index contributed by atoms with van der Waals surface area (Å²) in [6.45, 7) is 1.16. The van der Waals surface area contributed by atoms with E-state index in [1.54, 1.807) is 7.11 Å². The Labute approximate surface area is 110 Å². The molecule has 1 unspecified atom stereocenters. The molecule has 0 amide bonds. The molecule has 2 rings (SSSR count). The fourth-order valence-corrected chi connectivity index (χ4v) is 2.65. The summed E-state index contributed by atoms with van der Waals surface area (Å²) >= 11 is 0. The number of methoxy groups -OCH3 is 1. The molecule has 3 heteroatoms. The molecule has 0 aromatic heterocycles. The highest BCUT2D eigenvalue weighted by atomic mass is 16.5. The van der Waals surface area contributed by atoms with E-state index in [4.69, 9.17) is 4.74 Å². The van der Waals surface area contributed by atoms with E-state index in [-0.39, 0.29) is 0 Å². The summed E-state index contributed by atoms with van der Waals surface area (Å²) in [5.74, 6) is 0.950. The van der Waals surface area contributed by atoms with Gasteiger partial charge >= 0.3 is 0 Å². The Morgan fingerprint density at radius 3 is 2.78 bits per heavy atom.